The molecule has 0 unspecified atom stereocenters. The number of likely N-dealkylation sites (N-methyl/N-ethyl adjacent to an activating group) is 1. The lowest BCUT2D eigenvalue weighted by molar-refractivity contribution is 0.101. The van der Waals surface area contributed by atoms with Gasteiger partial charge in [-0.15, -0.1) is 0 Å². The van der Waals surface area contributed by atoms with Crippen LogP contribution >= 0.6 is 11.6 Å². The summed E-state index contributed by atoms with van der Waals surface area (Å²) < 4.78 is 13.2. The number of rotatable bonds is 9. The molecule has 0 fully saturated rings. The van der Waals surface area contributed by atoms with Crippen LogP contribution in [0.5, 0.6) is 0 Å². The Bertz CT molecular complexity index is 1180. The second kappa shape index (κ2) is 11.3. The summed E-state index contributed by atoms with van der Waals surface area (Å²) in [6, 6.07) is 9.89. The van der Waals surface area contributed by atoms with Gasteiger partial charge in [0.25, 0.3) is 11.8 Å². The first-order valence-corrected chi connectivity index (χ1v) is 10.5. The van der Waals surface area contributed by atoms with Crippen LogP contribution in [0.2, 0.25) is 5.02 Å². The zero-order valence-corrected chi connectivity index (χ0v) is 18.8. The molecule has 0 aliphatic heterocycles. The number of imidazole rings is 1. The number of nitrogens with one attached hydrogen (secondary N) is 4. The van der Waals surface area contributed by atoms with E-state index in [2.05, 4.69) is 25.9 Å². The van der Waals surface area contributed by atoms with Crippen LogP contribution in [0, 0.1) is 5.82 Å². The molecule has 3 amide bonds. The Labute approximate surface area is 199 Å². The number of nitrogens with zero attached hydrogens (tertiary/aromatic N) is 2. The minimum absolute atomic E-state index is 0.000383. The van der Waals surface area contributed by atoms with Crippen molar-refractivity contribution in [1.29, 1.82) is 0 Å². The Morgan fingerprint density at radius 3 is 2.35 bits per heavy atom. The highest BCUT2D eigenvalue weighted by Crippen LogP contribution is 2.20. The van der Waals surface area contributed by atoms with Gasteiger partial charge in [-0.3, -0.25) is 9.59 Å². The van der Waals surface area contributed by atoms with E-state index in [0.29, 0.717) is 36.7 Å². The third-order valence-corrected chi connectivity index (χ3v) is 5.07. The van der Waals surface area contributed by atoms with Gasteiger partial charge in [0.2, 0.25) is 0 Å². The van der Waals surface area contributed by atoms with Crippen molar-refractivity contribution in [3.05, 3.63) is 76.6 Å². The second-order valence-electron chi connectivity index (χ2n) is 7.22. The molecule has 2 aromatic carbocycles. The fraction of sp³-hybridized carbons (Fsp3) is 0.182. The fourth-order valence-electron chi connectivity index (χ4n) is 2.91. The SMILES string of the molecule is CN(CCNCc1[nH]cnc1C(=O)Nc1ccc(NC(=O)c2ccc(F)cc2Cl)cc1)C(=O)O. The van der Waals surface area contributed by atoms with E-state index in [0.717, 1.165) is 17.0 Å². The summed E-state index contributed by atoms with van der Waals surface area (Å²) in [5, 5.41) is 17.3. The van der Waals surface area contributed by atoms with Crippen LogP contribution in [0.3, 0.4) is 0 Å². The molecular formula is C22H22ClFN6O4. The minimum Gasteiger partial charge on any atom is -0.465 e. The lowest BCUT2D eigenvalue weighted by Gasteiger charge is -2.13. The molecule has 0 saturated heterocycles. The maximum atomic E-state index is 13.2. The van der Waals surface area contributed by atoms with Crippen molar-refractivity contribution in [3.8, 4) is 0 Å². The minimum atomic E-state index is -1.02. The number of hydrogen-bond acceptors (Lipinski definition) is 5. The molecule has 1 heterocycles. The number of carbonyl (C=O) groups is 3. The second-order valence-corrected chi connectivity index (χ2v) is 7.63. The highest BCUT2D eigenvalue weighted by atomic mass is 35.5. The Kier molecular flexibility index (Phi) is 8.17. The molecule has 34 heavy (non-hydrogen) atoms. The normalized spacial score (nSPS) is 10.6. The van der Waals surface area contributed by atoms with Crippen molar-refractivity contribution in [2.75, 3.05) is 30.8 Å². The molecule has 0 aliphatic carbocycles. The molecule has 5 N–H and O–H groups in total. The molecule has 12 heteroatoms. The highest BCUT2D eigenvalue weighted by molar-refractivity contribution is 6.34. The van der Waals surface area contributed by atoms with Crippen molar-refractivity contribution in [2.24, 2.45) is 0 Å². The molecule has 0 aliphatic rings. The van der Waals surface area contributed by atoms with E-state index in [1.54, 1.807) is 24.3 Å². The number of H-pyrrole nitrogens is 1. The van der Waals surface area contributed by atoms with Gasteiger partial charge in [-0.1, -0.05) is 11.6 Å². The first kappa shape index (κ1) is 24.7. The van der Waals surface area contributed by atoms with Crippen LogP contribution in [0.1, 0.15) is 26.5 Å². The van der Waals surface area contributed by atoms with E-state index < -0.39 is 23.7 Å². The van der Waals surface area contributed by atoms with E-state index in [4.69, 9.17) is 16.7 Å². The zero-order chi connectivity index (χ0) is 24.7. The Hall–Kier alpha value is -3.96. The number of carbonyl (C=O) groups excluding carboxylic acids is 2. The molecule has 3 aromatic rings. The number of hydrogen-bond donors (Lipinski definition) is 5. The predicted octanol–water partition coefficient (Wildman–Crippen LogP) is 3.41. The first-order chi connectivity index (χ1) is 16.2. The molecule has 0 bridgehead atoms. The Balaban J connectivity index is 1.54. The van der Waals surface area contributed by atoms with Gasteiger partial charge in [-0.05, 0) is 42.5 Å². The van der Waals surface area contributed by atoms with Crippen LogP contribution in [-0.2, 0) is 6.54 Å². The van der Waals surface area contributed by atoms with Gasteiger partial charge in [0, 0.05) is 38.1 Å². The maximum Gasteiger partial charge on any atom is 0.407 e. The molecule has 0 saturated carbocycles. The van der Waals surface area contributed by atoms with Crippen LogP contribution < -0.4 is 16.0 Å². The molecular weight excluding hydrogens is 467 g/mol. The predicted molar refractivity (Wildman–Crippen MR) is 125 cm³/mol. The van der Waals surface area contributed by atoms with Crippen molar-refractivity contribution < 1.29 is 23.9 Å². The molecule has 178 valence electrons. The summed E-state index contributed by atoms with van der Waals surface area (Å²) in [7, 11) is 1.47. The van der Waals surface area contributed by atoms with Crippen LogP contribution in [-0.4, -0.2) is 58.0 Å². The van der Waals surface area contributed by atoms with E-state index in [9.17, 15) is 18.8 Å². The van der Waals surface area contributed by atoms with Crippen molar-refractivity contribution in [3.63, 3.8) is 0 Å². The third kappa shape index (κ3) is 6.53. The largest absolute Gasteiger partial charge is 0.465 e. The molecule has 1 aromatic heterocycles. The topological polar surface area (TPSA) is 139 Å². The maximum absolute atomic E-state index is 13.2. The third-order valence-electron chi connectivity index (χ3n) is 4.76. The van der Waals surface area contributed by atoms with Crippen LogP contribution in [0.25, 0.3) is 0 Å². The molecule has 0 atom stereocenters. The van der Waals surface area contributed by atoms with Gasteiger partial charge >= 0.3 is 6.09 Å². The Morgan fingerprint density at radius 2 is 1.74 bits per heavy atom. The number of amides is 3. The molecule has 0 radical (unpaired) electrons. The highest BCUT2D eigenvalue weighted by Gasteiger charge is 2.15. The lowest BCUT2D eigenvalue weighted by Crippen LogP contribution is -2.32. The van der Waals surface area contributed by atoms with E-state index in [1.807, 2.05) is 0 Å². The molecule has 0 spiro atoms. The lowest BCUT2D eigenvalue weighted by atomic mass is 10.2. The number of aromatic amines is 1. The summed E-state index contributed by atoms with van der Waals surface area (Å²) in [4.78, 5) is 43.8. The number of aromatic nitrogens is 2. The molecule has 10 nitrogen and oxygen atoms in total. The van der Waals surface area contributed by atoms with Crippen molar-refractivity contribution in [1.82, 2.24) is 20.2 Å². The van der Waals surface area contributed by atoms with Crippen molar-refractivity contribution in [2.45, 2.75) is 6.54 Å². The monoisotopic (exact) mass is 488 g/mol. The van der Waals surface area contributed by atoms with Gasteiger partial charge < -0.3 is 30.9 Å². The number of benzene rings is 2. The number of anilines is 2. The van der Waals surface area contributed by atoms with Gasteiger partial charge in [0.15, 0.2) is 5.69 Å². The van der Waals surface area contributed by atoms with Crippen LogP contribution in [0.15, 0.2) is 48.8 Å². The molecule has 3 rings (SSSR count). The zero-order valence-electron chi connectivity index (χ0n) is 18.1. The first-order valence-electron chi connectivity index (χ1n) is 10.1. The smallest absolute Gasteiger partial charge is 0.407 e. The summed E-state index contributed by atoms with van der Waals surface area (Å²) in [6.07, 6.45) is 0.377. The van der Waals surface area contributed by atoms with E-state index in [1.165, 1.54) is 19.4 Å². The van der Waals surface area contributed by atoms with Gasteiger partial charge in [-0.25, -0.2) is 14.2 Å². The summed E-state index contributed by atoms with van der Waals surface area (Å²) in [5.74, 6) is -1.47. The summed E-state index contributed by atoms with van der Waals surface area (Å²) in [6.45, 7) is 0.994. The average Bonchev–Trinajstić information content (AvgIpc) is 3.26. The van der Waals surface area contributed by atoms with Crippen LogP contribution in [0.4, 0.5) is 20.6 Å². The van der Waals surface area contributed by atoms with Gasteiger partial charge in [0.05, 0.1) is 22.6 Å². The van der Waals surface area contributed by atoms with Gasteiger partial charge in [-0.2, -0.15) is 0 Å². The Morgan fingerprint density at radius 1 is 1.09 bits per heavy atom. The summed E-state index contributed by atoms with van der Waals surface area (Å²) in [5.41, 5.74) is 1.82. The summed E-state index contributed by atoms with van der Waals surface area (Å²) >= 11 is 5.91. The van der Waals surface area contributed by atoms with E-state index in [-0.39, 0.29) is 16.3 Å². The van der Waals surface area contributed by atoms with Gasteiger partial charge in [0.1, 0.15) is 5.82 Å². The number of halogens is 2. The van der Waals surface area contributed by atoms with Crippen molar-refractivity contribution >= 4 is 40.9 Å². The standard InChI is InChI=1S/C22H22ClFN6O4/c1-30(22(33)34)9-8-25-11-18-19(27-12-26-18)21(32)29-15-5-3-14(4-6-15)28-20(31)16-7-2-13(24)10-17(16)23/h2-7,10,12,25H,8-9,11H2,1H3,(H,26,27)(H,28,31)(H,29,32)(H,33,34). The fourth-order valence-corrected chi connectivity index (χ4v) is 3.16. The number of carboxylic acid groups (broad SMARTS) is 1. The van der Waals surface area contributed by atoms with E-state index >= 15 is 0 Å². The quantitative estimate of drug-likeness (QED) is 0.292. The average molecular weight is 489 g/mol.